The Balaban J connectivity index is 1.28. The second-order valence-corrected chi connectivity index (χ2v) is 12.6. The van der Waals surface area contributed by atoms with Crippen LogP contribution in [0.15, 0.2) is 147 Å². The lowest BCUT2D eigenvalue weighted by Crippen LogP contribution is -2.19. The molecule has 0 bridgehead atoms. The highest BCUT2D eigenvalue weighted by atomic mass is 32.1. The van der Waals surface area contributed by atoms with Gasteiger partial charge in [-0.3, -0.25) is 4.99 Å². The minimum Gasteiger partial charge on any atom is -0.455 e. The minimum atomic E-state index is -0.307. The van der Waals surface area contributed by atoms with Crippen molar-refractivity contribution in [1.29, 1.82) is 0 Å². The van der Waals surface area contributed by atoms with Crippen molar-refractivity contribution in [2.24, 2.45) is 4.99 Å². The lowest BCUT2D eigenvalue weighted by molar-refractivity contribution is 0.599. The van der Waals surface area contributed by atoms with E-state index in [2.05, 4.69) is 108 Å². The van der Waals surface area contributed by atoms with E-state index in [0.717, 1.165) is 76.8 Å². The highest BCUT2D eigenvalue weighted by Gasteiger charge is 2.31. The van der Waals surface area contributed by atoms with Gasteiger partial charge in [-0.15, -0.1) is 11.3 Å². The molecule has 212 valence electrons. The number of rotatable bonds is 3. The summed E-state index contributed by atoms with van der Waals surface area (Å²) in [6.07, 6.45) is -0.307. The number of benzene rings is 6. The van der Waals surface area contributed by atoms with Crippen LogP contribution in [0.25, 0.3) is 64.2 Å². The van der Waals surface area contributed by atoms with E-state index in [1.54, 1.807) is 11.3 Å². The molecule has 3 aromatic heterocycles. The number of hydrogen-bond donors (Lipinski definition) is 1. The first-order valence-corrected chi connectivity index (χ1v) is 15.9. The predicted molar refractivity (Wildman–Crippen MR) is 187 cm³/mol. The summed E-state index contributed by atoms with van der Waals surface area (Å²) in [5, 5.41) is 9.29. The number of anilines is 1. The Labute approximate surface area is 261 Å². The van der Waals surface area contributed by atoms with Crippen molar-refractivity contribution in [1.82, 2.24) is 0 Å². The maximum absolute atomic E-state index is 6.63. The molecule has 1 aliphatic heterocycles. The number of thiophene rings is 1. The van der Waals surface area contributed by atoms with Crippen LogP contribution >= 0.6 is 11.3 Å². The largest absolute Gasteiger partial charge is 0.455 e. The molecule has 9 aromatic rings. The van der Waals surface area contributed by atoms with E-state index < -0.39 is 0 Å². The monoisotopic (exact) mass is 596 g/mol. The summed E-state index contributed by atoms with van der Waals surface area (Å²) in [7, 11) is 0. The quantitative estimate of drug-likeness (QED) is 0.221. The Hall–Kier alpha value is -5.65. The molecule has 45 heavy (non-hydrogen) atoms. The van der Waals surface area contributed by atoms with E-state index >= 15 is 0 Å². The summed E-state index contributed by atoms with van der Waals surface area (Å²) < 4.78 is 15.6. The van der Waals surface area contributed by atoms with Crippen LogP contribution < -0.4 is 5.32 Å². The predicted octanol–water partition coefficient (Wildman–Crippen LogP) is 11.3. The van der Waals surface area contributed by atoms with Crippen molar-refractivity contribution < 1.29 is 8.83 Å². The van der Waals surface area contributed by atoms with Gasteiger partial charge in [-0.05, 0) is 53.1 Å². The molecule has 1 unspecified atom stereocenters. The van der Waals surface area contributed by atoms with Crippen molar-refractivity contribution in [2.45, 2.75) is 6.17 Å². The van der Waals surface area contributed by atoms with Crippen LogP contribution in [0.1, 0.15) is 23.1 Å². The molecule has 0 saturated carbocycles. The Bertz CT molecular complexity index is 2640. The molecule has 4 heterocycles. The smallest absolute Gasteiger partial charge is 0.177 e. The Morgan fingerprint density at radius 1 is 0.600 bits per heavy atom. The summed E-state index contributed by atoms with van der Waals surface area (Å²) in [6.45, 7) is 0. The number of nitrogens with one attached hydrogen (secondary N) is 1. The molecule has 6 aromatic carbocycles. The summed E-state index contributed by atoms with van der Waals surface area (Å²) in [4.78, 5) is 5.47. The van der Waals surface area contributed by atoms with E-state index in [-0.39, 0.29) is 6.17 Å². The first-order valence-electron chi connectivity index (χ1n) is 15.1. The third-order valence-electron chi connectivity index (χ3n) is 8.90. The maximum atomic E-state index is 6.63. The topological polar surface area (TPSA) is 50.7 Å². The molecular formula is C40H24N2O2S. The number of hydrogen-bond acceptors (Lipinski definition) is 5. The standard InChI is InChI=1S/C40H24N2O2S/c1-2-11-23(12-3-1)24-13-10-14-25(21-24)40-41-35-27-16-5-8-19-32(27)44-38(35)36(42-40)30-22-29-26-15-4-7-18-31(26)43-37(29)34-28-17-6-9-20-33(28)45-39(30)34/h1-22,40-41H. The summed E-state index contributed by atoms with van der Waals surface area (Å²) in [6, 6.07) is 46.5. The molecule has 0 fully saturated rings. The molecule has 4 nitrogen and oxygen atoms in total. The molecule has 0 saturated heterocycles. The van der Waals surface area contributed by atoms with E-state index in [1.807, 2.05) is 30.3 Å². The Morgan fingerprint density at radius 3 is 2.18 bits per heavy atom. The fourth-order valence-corrected chi connectivity index (χ4v) is 8.04. The van der Waals surface area contributed by atoms with Crippen LogP contribution in [-0.4, -0.2) is 5.71 Å². The number of nitrogens with zero attached hydrogens (tertiary/aromatic N) is 1. The number of furan rings is 2. The van der Waals surface area contributed by atoms with Crippen LogP contribution in [0.5, 0.6) is 0 Å². The van der Waals surface area contributed by atoms with Crippen molar-refractivity contribution in [3.8, 4) is 11.1 Å². The van der Waals surface area contributed by atoms with Gasteiger partial charge in [0.25, 0.3) is 0 Å². The lowest BCUT2D eigenvalue weighted by Gasteiger charge is -2.24. The fourth-order valence-electron chi connectivity index (χ4n) is 6.82. The zero-order valence-electron chi connectivity index (χ0n) is 24.0. The summed E-state index contributed by atoms with van der Waals surface area (Å²) in [5.41, 5.74) is 8.93. The van der Waals surface area contributed by atoms with Gasteiger partial charge in [0.05, 0.1) is 5.69 Å². The summed E-state index contributed by atoms with van der Waals surface area (Å²) in [5.74, 6) is 0.762. The van der Waals surface area contributed by atoms with Gasteiger partial charge in [-0.2, -0.15) is 0 Å². The van der Waals surface area contributed by atoms with Gasteiger partial charge < -0.3 is 14.2 Å². The lowest BCUT2D eigenvalue weighted by atomic mass is 9.97. The van der Waals surface area contributed by atoms with Gasteiger partial charge in [-0.1, -0.05) is 97.1 Å². The normalized spacial score (nSPS) is 14.8. The highest BCUT2D eigenvalue weighted by Crippen LogP contribution is 2.47. The summed E-state index contributed by atoms with van der Waals surface area (Å²) >= 11 is 1.78. The van der Waals surface area contributed by atoms with Crippen LogP contribution in [-0.2, 0) is 0 Å². The molecule has 10 rings (SSSR count). The van der Waals surface area contributed by atoms with Crippen LogP contribution in [0.2, 0.25) is 0 Å². The SMILES string of the molecule is c1ccc(-c2cccc(C3N=C(c4cc5c6ccccc6oc5c5c4sc4ccccc45)c4oc5ccccc5c4N3)c2)cc1. The Morgan fingerprint density at radius 2 is 1.31 bits per heavy atom. The molecule has 5 heteroatoms. The molecule has 0 radical (unpaired) electrons. The van der Waals surface area contributed by atoms with E-state index in [1.165, 1.54) is 15.6 Å². The van der Waals surface area contributed by atoms with Crippen LogP contribution in [0.3, 0.4) is 0 Å². The minimum absolute atomic E-state index is 0.307. The number of para-hydroxylation sites is 2. The van der Waals surface area contributed by atoms with Gasteiger partial charge in [-0.25, -0.2) is 0 Å². The van der Waals surface area contributed by atoms with Crippen LogP contribution in [0.4, 0.5) is 5.69 Å². The van der Waals surface area contributed by atoms with E-state index in [9.17, 15) is 0 Å². The number of aliphatic imine (C=N–C) groups is 1. The first-order chi connectivity index (χ1) is 22.3. The van der Waals surface area contributed by atoms with E-state index in [4.69, 9.17) is 13.8 Å². The number of fused-ring (bicyclic) bond motifs is 10. The maximum Gasteiger partial charge on any atom is 0.177 e. The average molecular weight is 597 g/mol. The van der Waals surface area contributed by atoms with Crippen molar-refractivity contribution in [2.75, 3.05) is 5.32 Å². The van der Waals surface area contributed by atoms with Gasteiger partial charge >= 0.3 is 0 Å². The molecule has 0 amide bonds. The molecule has 1 N–H and O–H groups in total. The van der Waals surface area contributed by atoms with Crippen molar-refractivity contribution >= 4 is 75.8 Å². The van der Waals surface area contributed by atoms with E-state index in [0.29, 0.717) is 0 Å². The first kappa shape index (κ1) is 24.8. The molecule has 0 aliphatic carbocycles. The Kier molecular flexibility index (Phi) is 5.18. The van der Waals surface area contributed by atoms with Crippen molar-refractivity contribution in [3.63, 3.8) is 0 Å². The van der Waals surface area contributed by atoms with Crippen molar-refractivity contribution in [3.05, 3.63) is 150 Å². The van der Waals surface area contributed by atoms with Gasteiger partial charge in [0, 0.05) is 41.9 Å². The molecule has 1 atom stereocenters. The third kappa shape index (κ3) is 3.68. The average Bonchev–Trinajstić information content (AvgIpc) is 3.79. The van der Waals surface area contributed by atoms with Gasteiger partial charge in [0.15, 0.2) is 5.76 Å². The van der Waals surface area contributed by atoms with Gasteiger partial charge in [0.1, 0.15) is 28.6 Å². The fraction of sp³-hybridized carbons (Fsp3) is 0.0250. The van der Waals surface area contributed by atoms with Gasteiger partial charge in [0.2, 0.25) is 0 Å². The zero-order chi connectivity index (χ0) is 29.5. The third-order valence-corrected chi connectivity index (χ3v) is 10.1. The highest BCUT2D eigenvalue weighted by molar-refractivity contribution is 7.26. The molecular weight excluding hydrogens is 573 g/mol. The second-order valence-electron chi connectivity index (χ2n) is 11.5. The molecule has 0 spiro atoms. The second kappa shape index (κ2) is 9.42. The molecule has 1 aliphatic rings. The zero-order valence-corrected chi connectivity index (χ0v) is 24.8. The van der Waals surface area contributed by atoms with Crippen LogP contribution in [0, 0.1) is 0 Å².